The maximum atomic E-state index is 12.7. The second-order valence-corrected chi connectivity index (χ2v) is 7.02. The van der Waals surface area contributed by atoms with Crippen molar-refractivity contribution in [2.75, 3.05) is 12.9 Å². The van der Waals surface area contributed by atoms with Crippen molar-refractivity contribution in [2.24, 2.45) is 4.99 Å². The first-order valence-corrected chi connectivity index (χ1v) is 9.00. The molecule has 2 heterocycles. The van der Waals surface area contributed by atoms with Crippen LogP contribution in [-0.2, 0) is 14.3 Å². The van der Waals surface area contributed by atoms with Crippen molar-refractivity contribution in [1.29, 1.82) is 0 Å². The Balaban J connectivity index is 2.09. The average molecular weight is 360 g/mol. The molecule has 25 heavy (non-hydrogen) atoms. The molecular formula is C18H20N2O4S. The minimum Gasteiger partial charge on any atom is -0.497 e. The second kappa shape index (κ2) is 6.92. The molecule has 1 amide bonds. The molecule has 1 saturated heterocycles. The first-order valence-electron chi connectivity index (χ1n) is 8.01. The molecule has 3 rings (SSSR count). The molecule has 1 aromatic rings. The average Bonchev–Trinajstić information content (AvgIpc) is 2.93. The zero-order valence-corrected chi connectivity index (χ0v) is 15.4. The Hall–Kier alpha value is -2.28. The standard InChI is InChI=1S/C18H20N2O4S/c1-10(2)24-17(22)15-11(3)19-18-20(14(21)9-25-18)16(15)12-5-7-13(23-4)8-6-12/h5-8,10,16H,9H2,1-4H3. The predicted octanol–water partition coefficient (Wildman–Crippen LogP) is 2.91. The van der Waals surface area contributed by atoms with Crippen LogP contribution in [0.25, 0.3) is 0 Å². The fourth-order valence-electron chi connectivity index (χ4n) is 2.88. The van der Waals surface area contributed by atoms with E-state index in [-0.39, 0.29) is 12.0 Å². The fourth-order valence-corrected chi connectivity index (χ4v) is 3.82. The second-order valence-electron chi connectivity index (χ2n) is 6.08. The van der Waals surface area contributed by atoms with E-state index in [0.29, 0.717) is 27.9 Å². The van der Waals surface area contributed by atoms with Crippen molar-refractivity contribution in [3.05, 3.63) is 41.1 Å². The van der Waals surface area contributed by atoms with Crippen LogP contribution in [0.4, 0.5) is 0 Å². The number of amidine groups is 1. The fraction of sp³-hybridized carbons (Fsp3) is 0.389. The summed E-state index contributed by atoms with van der Waals surface area (Å²) < 4.78 is 10.6. The molecule has 6 nitrogen and oxygen atoms in total. The number of carbonyl (C=O) groups is 2. The van der Waals surface area contributed by atoms with Crippen LogP contribution in [0.1, 0.15) is 32.4 Å². The Morgan fingerprint density at radius 3 is 2.60 bits per heavy atom. The number of benzene rings is 1. The van der Waals surface area contributed by atoms with Gasteiger partial charge in [-0.1, -0.05) is 23.9 Å². The van der Waals surface area contributed by atoms with Gasteiger partial charge in [0.2, 0.25) is 5.91 Å². The van der Waals surface area contributed by atoms with E-state index in [1.165, 1.54) is 11.8 Å². The highest BCUT2D eigenvalue weighted by Crippen LogP contribution is 2.41. The molecule has 1 aromatic carbocycles. The van der Waals surface area contributed by atoms with Gasteiger partial charge in [-0.3, -0.25) is 9.69 Å². The van der Waals surface area contributed by atoms with Gasteiger partial charge in [0.15, 0.2) is 5.17 Å². The molecule has 2 aliphatic rings. The number of rotatable bonds is 4. The molecule has 7 heteroatoms. The lowest BCUT2D eigenvalue weighted by atomic mass is 9.94. The molecule has 0 aromatic heterocycles. The molecular weight excluding hydrogens is 340 g/mol. The van der Waals surface area contributed by atoms with Crippen molar-refractivity contribution < 1.29 is 19.1 Å². The van der Waals surface area contributed by atoms with Crippen LogP contribution in [0.15, 0.2) is 40.5 Å². The van der Waals surface area contributed by atoms with Gasteiger partial charge in [0.25, 0.3) is 0 Å². The number of esters is 1. The van der Waals surface area contributed by atoms with Gasteiger partial charge in [0.05, 0.1) is 36.3 Å². The lowest BCUT2D eigenvalue weighted by Gasteiger charge is -2.33. The van der Waals surface area contributed by atoms with Crippen LogP contribution >= 0.6 is 11.8 Å². The summed E-state index contributed by atoms with van der Waals surface area (Å²) in [4.78, 5) is 31.2. The highest BCUT2D eigenvalue weighted by atomic mass is 32.2. The molecule has 2 aliphatic heterocycles. The van der Waals surface area contributed by atoms with E-state index in [4.69, 9.17) is 9.47 Å². The Morgan fingerprint density at radius 2 is 2.00 bits per heavy atom. The van der Waals surface area contributed by atoms with Crippen molar-refractivity contribution in [2.45, 2.75) is 32.9 Å². The SMILES string of the molecule is COc1ccc(C2C(C(=O)OC(C)C)=C(C)N=C3SCC(=O)N32)cc1. The van der Waals surface area contributed by atoms with E-state index in [0.717, 1.165) is 5.56 Å². The minimum absolute atomic E-state index is 0.0630. The molecule has 1 unspecified atom stereocenters. The third-order valence-corrected chi connectivity index (χ3v) is 4.92. The Bertz CT molecular complexity index is 768. The molecule has 0 saturated carbocycles. The largest absolute Gasteiger partial charge is 0.497 e. The number of allylic oxidation sites excluding steroid dienone is 1. The van der Waals surface area contributed by atoms with E-state index >= 15 is 0 Å². The van der Waals surface area contributed by atoms with Crippen molar-refractivity contribution in [1.82, 2.24) is 4.90 Å². The normalized spacial score (nSPS) is 19.9. The predicted molar refractivity (Wildman–Crippen MR) is 96.4 cm³/mol. The number of hydrogen-bond acceptors (Lipinski definition) is 6. The van der Waals surface area contributed by atoms with Gasteiger partial charge in [0.1, 0.15) is 5.75 Å². The van der Waals surface area contributed by atoms with E-state index in [1.807, 2.05) is 24.3 Å². The quantitative estimate of drug-likeness (QED) is 0.772. The van der Waals surface area contributed by atoms with Crippen LogP contribution in [-0.4, -0.2) is 40.9 Å². The first kappa shape index (κ1) is 17.5. The lowest BCUT2D eigenvalue weighted by molar-refractivity contribution is -0.143. The maximum absolute atomic E-state index is 12.7. The van der Waals surface area contributed by atoms with Gasteiger partial charge in [-0.25, -0.2) is 9.79 Å². The van der Waals surface area contributed by atoms with Gasteiger partial charge in [-0.05, 0) is 38.5 Å². The van der Waals surface area contributed by atoms with E-state index in [2.05, 4.69) is 4.99 Å². The number of hydrogen-bond donors (Lipinski definition) is 0. The van der Waals surface area contributed by atoms with Gasteiger partial charge in [-0.15, -0.1) is 0 Å². The summed E-state index contributed by atoms with van der Waals surface area (Å²) in [5.41, 5.74) is 1.80. The summed E-state index contributed by atoms with van der Waals surface area (Å²) in [7, 11) is 1.59. The summed E-state index contributed by atoms with van der Waals surface area (Å²) in [6, 6.07) is 6.81. The van der Waals surface area contributed by atoms with Crippen molar-refractivity contribution in [3.63, 3.8) is 0 Å². The van der Waals surface area contributed by atoms with E-state index < -0.39 is 12.0 Å². The summed E-state index contributed by atoms with van der Waals surface area (Å²) in [5.74, 6) is 0.529. The molecule has 0 bridgehead atoms. The summed E-state index contributed by atoms with van der Waals surface area (Å²) in [5, 5.41) is 0.629. The van der Waals surface area contributed by atoms with Crippen LogP contribution in [0.5, 0.6) is 5.75 Å². The Kier molecular flexibility index (Phi) is 4.85. The molecule has 0 radical (unpaired) electrons. The Morgan fingerprint density at radius 1 is 1.32 bits per heavy atom. The van der Waals surface area contributed by atoms with Crippen LogP contribution in [0, 0.1) is 0 Å². The number of ether oxygens (including phenoxy) is 2. The van der Waals surface area contributed by atoms with Gasteiger partial charge < -0.3 is 9.47 Å². The minimum atomic E-state index is -0.535. The molecule has 132 valence electrons. The zero-order chi connectivity index (χ0) is 18.1. The smallest absolute Gasteiger partial charge is 0.338 e. The van der Waals surface area contributed by atoms with Gasteiger partial charge in [-0.2, -0.15) is 0 Å². The molecule has 0 spiro atoms. The lowest BCUT2D eigenvalue weighted by Crippen LogP contribution is -2.40. The zero-order valence-electron chi connectivity index (χ0n) is 14.6. The summed E-state index contributed by atoms with van der Waals surface area (Å²) >= 11 is 1.39. The number of fused-ring (bicyclic) bond motifs is 1. The molecule has 1 atom stereocenters. The highest BCUT2D eigenvalue weighted by molar-refractivity contribution is 8.15. The molecule has 0 N–H and O–H groups in total. The third kappa shape index (κ3) is 3.28. The number of nitrogens with zero attached hydrogens (tertiary/aromatic N) is 2. The van der Waals surface area contributed by atoms with Crippen LogP contribution in [0.3, 0.4) is 0 Å². The monoisotopic (exact) mass is 360 g/mol. The molecule has 0 aliphatic carbocycles. The maximum Gasteiger partial charge on any atom is 0.338 e. The van der Waals surface area contributed by atoms with Crippen molar-refractivity contribution >= 4 is 28.8 Å². The highest BCUT2D eigenvalue weighted by Gasteiger charge is 2.43. The van der Waals surface area contributed by atoms with E-state index in [1.54, 1.807) is 32.8 Å². The summed E-state index contributed by atoms with van der Waals surface area (Å²) in [6.07, 6.45) is -0.252. The topological polar surface area (TPSA) is 68.2 Å². The Labute approximate surface area is 150 Å². The van der Waals surface area contributed by atoms with Crippen LogP contribution in [0.2, 0.25) is 0 Å². The number of methoxy groups -OCH3 is 1. The third-order valence-electron chi connectivity index (χ3n) is 3.98. The molecule has 1 fully saturated rings. The summed E-state index contributed by atoms with van der Waals surface area (Å²) in [6.45, 7) is 5.37. The number of amides is 1. The van der Waals surface area contributed by atoms with Gasteiger partial charge in [0, 0.05) is 0 Å². The van der Waals surface area contributed by atoms with Crippen LogP contribution < -0.4 is 4.74 Å². The van der Waals surface area contributed by atoms with Crippen molar-refractivity contribution in [3.8, 4) is 5.75 Å². The van der Waals surface area contributed by atoms with Gasteiger partial charge >= 0.3 is 5.97 Å². The number of carbonyl (C=O) groups excluding carboxylic acids is 2. The number of aliphatic imine (C=N–C) groups is 1. The van der Waals surface area contributed by atoms with E-state index in [9.17, 15) is 9.59 Å². The number of thioether (sulfide) groups is 1. The first-order chi connectivity index (χ1) is 11.9.